The molecule has 0 atom stereocenters. The molecule has 0 unspecified atom stereocenters. The van der Waals surface area contributed by atoms with E-state index in [2.05, 4.69) is 0 Å². The van der Waals surface area contributed by atoms with Crippen molar-refractivity contribution in [1.82, 2.24) is 0 Å². The Balaban J connectivity index is -0.0000000134. The Bertz CT molecular complexity index is 227. The van der Waals surface area contributed by atoms with Crippen molar-refractivity contribution in [3.8, 4) is 0 Å². The molecule has 0 N–H and O–H groups in total. The van der Waals surface area contributed by atoms with E-state index in [-0.39, 0.29) is 97.7 Å². The SMILES string of the molecule is B.O=[Si]([O-])[O-].O=[Si]([O-])[O-].O=[Si]([O-])[O-].O=[Si]([O-])[O-].O=[Si]([O-])[O-].[Al+3].[Al+3].[Pb+2].[Pb+2]. The minimum atomic E-state index is -3.63. The van der Waals surface area contributed by atoms with Crippen molar-refractivity contribution in [3.05, 3.63) is 0 Å². The molecule has 0 saturated carbocycles. The molecule has 25 heteroatoms. The summed E-state index contributed by atoms with van der Waals surface area (Å²) in [5, 5.41) is 0. The summed E-state index contributed by atoms with van der Waals surface area (Å²) in [5.74, 6) is 0. The van der Waals surface area contributed by atoms with Crippen LogP contribution >= 0.6 is 0 Å². The molecular formula is H3Al2BO15Pb2Si5. The molecule has 0 rings (SSSR count). The van der Waals surface area contributed by atoms with Gasteiger partial charge in [-0.25, -0.2) is 0 Å². The van der Waals surface area contributed by atoms with Crippen LogP contribution in [0.25, 0.3) is 0 Å². The van der Waals surface area contributed by atoms with E-state index in [1.807, 2.05) is 0 Å². The summed E-state index contributed by atoms with van der Waals surface area (Å²) >= 11 is 0. The third-order valence-corrected chi connectivity index (χ3v) is 0. The van der Waals surface area contributed by atoms with Crippen LogP contribution in [0, 0.1) is 0 Å². The van der Waals surface area contributed by atoms with E-state index in [9.17, 15) is 0 Å². The molecule has 0 heterocycles. The minimum absolute atomic E-state index is 0. The maximum absolute atomic E-state index is 8.52. The summed E-state index contributed by atoms with van der Waals surface area (Å²) in [6.45, 7) is 0. The van der Waals surface area contributed by atoms with Crippen LogP contribution in [0.4, 0.5) is 0 Å². The Morgan fingerprint density at radius 3 is 0.360 bits per heavy atom. The van der Waals surface area contributed by atoms with Gasteiger partial charge in [-0.15, -0.1) is 0 Å². The smallest absolute Gasteiger partial charge is 0.672 e. The topological polar surface area (TPSA) is 316 Å². The molecule has 0 aromatic rings. The van der Waals surface area contributed by atoms with Crippen molar-refractivity contribution in [2.24, 2.45) is 0 Å². The molecule has 25 heavy (non-hydrogen) atoms. The average molecular weight is 863 g/mol. The second kappa shape index (κ2) is 56.2. The van der Waals surface area contributed by atoms with Crippen molar-refractivity contribution in [3.63, 3.8) is 0 Å². The summed E-state index contributed by atoms with van der Waals surface area (Å²) in [6.07, 6.45) is 0. The first-order valence-corrected chi connectivity index (χ1v) is 9.19. The first-order chi connectivity index (χ1) is 8.66. The number of hydrogen-bond donors (Lipinski definition) is 0. The standard InChI is InChI=1S/2Al.BH3.5O3Si.2Pb/c;;;5*1-4(2)3;;/h;;1H3;;;;;;;/q2*+3;;5*-2;2*+2. The van der Waals surface area contributed by atoms with Crippen LogP contribution < -0.4 is 48.0 Å². The first kappa shape index (κ1) is 63.5. The van der Waals surface area contributed by atoms with Gasteiger partial charge in [0.1, 0.15) is 0 Å². The zero-order valence-electron chi connectivity index (χ0n) is 10.8. The molecule has 130 valence electrons. The molecule has 0 amide bonds. The predicted octanol–water partition coefficient (Wildman–Crippen LogP) is -17.1. The Kier molecular flexibility index (Phi) is 143. The Morgan fingerprint density at radius 2 is 0.360 bits per heavy atom. The van der Waals surface area contributed by atoms with Gasteiger partial charge in [0.2, 0.25) is 0 Å². The Labute approximate surface area is 211 Å². The second-order valence-electron chi connectivity index (χ2n) is 1.25. The van der Waals surface area contributed by atoms with Gasteiger partial charge in [-0.3, -0.25) is 0 Å². The molecule has 0 spiro atoms. The van der Waals surface area contributed by atoms with Crippen LogP contribution in [0.1, 0.15) is 0 Å². The van der Waals surface area contributed by atoms with Gasteiger partial charge in [0.25, 0.3) is 0 Å². The molecule has 0 aromatic carbocycles. The van der Waals surface area contributed by atoms with Crippen molar-refractivity contribution in [1.29, 1.82) is 0 Å². The van der Waals surface area contributed by atoms with Crippen LogP contribution in [-0.2, 0) is 22.3 Å². The van der Waals surface area contributed by atoms with E-state index in [1.165, 1.54) is 0 Å². The van der Waals surface area contributed by atoms with E-state index >= 15 is 0 Å². The van der Waals surface area contributed by atoms with Crippen molar-refractivity contribution in [2.45, 2.75) is 0 Å². The van der Waals surface area contributed by atoms with Crippen LogP contribution in [0.3, 0.4) is 0 Å². The quantitative estimate of drug-likeness (QED) is 0.204. The first-order valence-electron chi connectivity index (χ1n) is 3.06. The minimum Gasteiger partial charge on any atom is -0.672 e. The molecule has 0 bridgehead atoms. The van der Waals surface area contributed by atoms with Gasteiger partial charge in [0.05, 0.1) is 8.41 Å². The van der Waals surface area contributed by atoms with Gasteiger partial charge in [-0.1, -0.05) is 0 Å². The van der Waals surface area contributed by atoms with E-state index < -0.39 is 45.9 Å². The van der Waals surface area contributed by atoms with E-state index in [1.54, 1.807) is 0 Å². The molecule has 0 saturated heterocycles. The number of rotatable bonds is 0. The monoisotopic (exact) mass is 864 g/mol. The van der Waals surface area contributed by atoms with Gasteiger partial charge in [0.15, 0.2) is 0 Å². The van der Waals surface area contributed by atoms with Gasteiger partial charge in [-0.2, -0.15) is 0 Å². The van der Waals surface area contributed by atoms with Crippen LogP contribution in [0.2, 0.25) is 0 Å². The van der Waals surface area contributed by atoms with E-state index in [0.717, 1.165) is 0 Å². The summed E-state index contributed by atoms with van der Waals surface area (Å²) in [6, 6.07) is 0. The largest absolute Gasteiger partial charge is 3.00 e. The summed E-state index contributed by atoms with van der Waals surface area (Å²) < 4.78 is 42.6. The molecular weight excluding hydrogens is 860 g/mol. The summed E-state index contributed by atoms with van der Waals surface area (Å²) in [4.78, 5) is 85.2. The van der Waals surface area contributed by atoms with Crippen molar-refractivity contribution >= 4 is 144 Å². The van der Waals surface area contributed by atoms with Gasteiger partial charge in [0, 0.05) is 45.9 Å². The van der Waals surface area contributed by atoms with Crippen LogP contribution in [0.5, 0.6) is 0 Å². The Morgan fingerprint density at radius 1 is 0.360 bits per heavy atom. The molecule has 0 aliphatic carbocycles. The van der Waals surface area contributed by atoms with Gasteiger partial charge < -0.3 is 70.3 Å². The number of hydrogen-bond acceptors (Lipinski definition) is 15. The molecule has 0 aromatic heterocycles. The predicted molar refractivity (Wildman–Crippen MR) is 65.2 cm³/mol. The molecule has 0 aliphatic heterocycles. The maximum Gasteiger partial charge on any atom is 3.00 e. The zero-order chi connectivity index (χ0) is 17.9. The summed E-state index contributed by atoms with van der Waals surface area (Å²) in [7, 11) is -18.1. The fraction of sp³-hybridized carbons (Fsp3) is 0. The third kappa shape index (κ3) is 11900. The molecule has 0 fully saturated rings. The van der Waals surface area contributed by atoms with E-state index in [0.29, 0.717) is 0 Å². The maximum atomic E-state index is 8.52. The van der Waals surface area contributed by atoms with E-state index in [4.69, 9.17) is 70.3 Å². The fourth-order valence-corrected chi connectivity index (χ4v) is 0. The van der Waals surface area contributed by atoms with Crippen LogP contribution in [-0.4, -0.2) is 144 Å². The second-order valence-corrected chi connectivity index (χ2v) is 3.75. The molecule has 15 nitrogen and oxygen atoms in total. The van der Waals surface area contributed by atoms with Gasteiger partial charge in [-0.05, 0) is 0 Å². The van der Waals surface area contributed by atoms with Crippen molar-refractivity contribution in [2.75, 3.05) is 0 Å². The van der Waals surface area contributed by atoms with Crippen LogP contribution in [0.15, 0.2) is 0 Å². The van der Waals surface area contributed by atoms with Gasteiger partial charge >= 0.3 is 89.3 Å². The average Bonchev–Trinajstić information content (AvgIpc) is 1.94. The normalized spacial score (nSPS) is 4.80. The summed E-state index contributed by atoms with van der Waals surface area (Å²) in [5.41, 5.74) is 0. The molecule has 4 radical (unpaired) electrons. The molecule has 0 aliphatic rings. The zero-order valence-corrected chi connectivity index (χ0v) is 25.9. The Hall–Kier alpha value is 1.06. The van der Waals surface area contributed by atoms with Crippen molar-refractivity contribution < 1.29 is 70.3 Å². The fourth-order valence-electron chi connectivity index (χ4n) is 0. The third-order valence-electron chi connectivity index (χ3n) is 0.